The molecule has 28 heavy (non-hydrogen) atoms. The fourth-order valence-corrected chi connectivity index (χ4v) is 5.04. The Morgan fingerprint density at radius 1 is 0.750 bits per heavy atom. The van der Waals surface area contributed by atoms with E-state index in [-0.39, 0.29) is 0 Å². The van der Waals surface area contributed by atoms with Crippen LogP contribution in [0.2, 0.25) is 0 Å². The fraction of sp³-hybridized carbons (Fsp3) is 0.429. The smallest absolute Gasteiger partial charge is 0.218 e. The van der Waals surface area contributed by atoms with E-state index in [1.807, 2.05) is 0 Å². The summed E-state index contributed by atoms with van der Waals surface area (Å²) in [6, 6.07) is 15.0. The van der Waals surface area contributed by atoms with Gasteiger partial charge in [0.1, 0.15) is 0 Å². The van der Waals surface area contributed by atoms with Crippen molar-refractivity contribution in [2.24, 2.45) is 0 Å². The van der Waals surface area contributed by atoms with Gasteiger partial charge >= 0.3 is 0 Å². The monoisotopic (exact) mass is 394 g/mol. The second-order valence-electron chi connectivity index (χ2n) is 7.53. The molecule has 0 spiro atoms. The van der Waals surface area contributed by atoms with Crippen LogP contribution >= 0.6 is 11.3 Å². The lowest BCUT2D eigenvalue weighted by Gasteiger charge is -2.35. The SMILES string of the molecule is c1ccc(N2CCN(c3nnc(-n4cccc4CN4CCCC4)s3)CC2)cc1. The van der Waals surface area contributed by atoms with E-state index in [4.69, 9.17) is 0 Å². The summed E-state index contributed by atoms with van der Waals surface area (Å²) in [4.78, 5) is 7.33. The molecule has 2 aliphatic heterocycles. The third kappa shape index (κ3) is 3.64. The zero-order chi connectivity index (χ0) is 18.8. The van der Waals surface area contributed by atoms with E-state index < -0.39 is 0 Å². The Hall–Kier alpha value is -2.38. The lowest BCUT2D eigenvalue weighted by atomic mass is 10.2. The largest absolute Gasteiger partial charge is 0.368 e. The maximum absolute atomic E-state index is 4.51. The minimum absolute atomic E-state index is 0.972. The Balaban J connectivity index is 1.25. The van der Waals surface area contributed by atoms with Crippen LogP contribution < -0.4 is 9.80 Å². The van der Waals surface area contributed by atoms with Crippen LogP contribution in [0.4, 0.5) is 10.8 Å². The zero-order valence-electron chi connectivity index (χ0n) is 16.1. The van der Waals surface area contributed by atoms with Crippen molar-refractivity contribution in [1.82, 2.24) is 19.7 Å². The molecule has 6 nitrogen and oxygen atoms in total. The maximum atomic E-state index is 4.51. The van der Waals surface area contributed by atoms with E-state index >= 15 is 0 Å². The molecule has 146 valence electrons. The molecule has 0 amide bonds. The van der Waals surface area contributed by atoms with Gasteiger partial charge in [-0.2, -0.15) is 0 Å². The summed E-state index contributed by atoms with van der Waals surface area (Å²) in [5.41, 5.74) is 2.61. The molecule has 7 heteroatoms. The minimum Gasteiger partial charge on any atom is -0.368 e. The second-order valence-corrected chi connectivity index (χ2v) is 8.46. The Bertz CT molecular complexity index is 891. The van der Waals surface area contributed by atoms with E-state index in [1.165, 1.54) is 37.3 Å². The molecule has 0 N–H and O–H groups in total. The molecule has 0 radical (unpaired) electrons. The van der Waals surface area contributed by atoms with Crippen LogP contribution in [0.25, 0.3) is 5.13 Å². The first kappa shape index (κ1) is 17.7. The van der Waals surface area contributed by atoms with E-state index in [0.29, 0.717) is 0 Å². The van der Waals surface area contributed by atoms with Gasteiger partial charge in [-0.25, -0.2) is 0 Å². The molecule has 0 saturated carbocycles. The summed E-state index contributed by atoms with van der Waals surface area (Å²) in [6.45, 7) is 7.41. The van der Waals surface area contributed by atoms with Gasteiger partial charge in [-0.15, -0.1) is 10.2 Å². The number of piperazine rings is 1. The quantitative estimate of drug-likeness (QED) is 0.664. The molecule has 4 heterocycles. The Morgan fingerprint density at radius 2 is 1.46 bits per heavy atom. The summed E-state index contributed by atoms with van der Waals surface area (Å²) in [6.07, 6.45) is 4.75. The van der Waals surface area contributed by atoms with Gasteiger partial charge in [0.15, 0.2) is 0 Å². The summed E-state index contributed by atoms with van der Waals surface area (Å²) in [5, 5.41) is 11.0. The van der Waals surface area contributed by atoms with Crippen molar-refractivity contribution in [3.05, 3.63) is 54.4 Å². The van der Waals surface area contributed by atoms with Crippen LogP contribution in [0.3, 0.4) is 0 Å². The highest BCUT2D eigenvalue weighted by atomic mass is 32.1. The van der Waals surface area contributed by atoms with Crippen molar-refractivity contribution in [3.63, 3.8) is 0 Å². The van der Waals surface area contributed by atoms with E-state index in [0.717, 1.165) is 43.0 Å². The van der Waals surface area contributed by atoms with Gasteiger partial charge in [-0.3, -0.25) is 9.47 Å². The van der Waals surface area contributed by atoms with E-state index in [1.54, 1.807) is 11.3 Å². The first-order chi connectivity index (χ1) is 13.9. The van der Waals surface area contributed by atoms with Gasteiger partial charge < -0.3 is 9.80 Å². The van der Waals surface area contributed by atoms with E-state index in [9.17, 15) is 0 Å². The van der Waals surface area contributed by atoms with Gasteiger partial charge in [0.05, 0.1) is 0 Å². The number of benzene rings is 1. The summed E-state index contributed by atoms with van der Waals surface area (Å²) >= 11 is 1.70. The average Bonchev–Trinajstić information content (AvgIpc) is 3.51. The molecule has 5 rings (SSSR count). The van der Waals surface area contributed by atoms with Crippen molar-refractivity contribution in [1.29, 1.82) is 0 Å². The zero-order valence-corrected chi connectivity index (χ0v) is 16.9. The standard InChI is InChI=1S/C21H26N6S/c1-2-7-18(8-3-1)25-13-15-26(16-14-25)20-22-23-21(28-20)27-12-6-9-19(27)17-24-10-4-5-11-24/h1-3,6-9,12H,4-5,10-11,13-17H2. The molecule has 0 unspecified atom stereocenters. The van der Waals surface area contributed by atoms with Crippen LogP contribution in [-0.2, 0) is 6.54 Å². The van der Waals surface area contributed by atoms with Crippen LogP contribution in [0.1, 0.15) is 18.5 Å². The third-order valence-corrected chi connectivity index (χ3v) is 6.68. The van der Waals surface area contributed by atoms with Gasteiger partial charge in [0.25, 0.3) is 0 Å². The lowest BCUT2D eigenvalue weighted by Crippen LogP contribution is -2.46. The minimum atomic E-state index is 0.972. The number of likely N-dealkylation sites (tertiary alicyclic amines) is 1. The van der Waals surface area contributed by atoms with Crippen molar-refractivity contribution < 1.29 is 0 Å². The first-order valence-corrected chi connectivity index (χ1v) is 11.0. The molecule has 3 aromatic rings. The summed E-state index contributed by atoms with van der Waals surface area (Å²) in [7, 11) is 0. The Morgan fingerprint density at radius 3 is 2.25 bits per heavy atom. The van der Waals surface area contributed by atoms with Crippen LogP contribution in [0, 0.1) is 0 Å². The highest BCUT2D eigenvalue weighted by molar-refractivity contribution is 7.17. The third-order valence-electron chi connectivity index (χ3n) is 5.70. The van der Waals surface area contributed by atoms with Gasteiger partial charge in [0, 0.05) is 50.3 Å². The van der Waals surface area contributed by atoms with Crippen molar-refractivity contribution >= 4 is 22.2 Å². The summed E-state index contributed by atoms with van der Waals surface area (Å²) < 4.78 is 2.21. The normalized spacial score (nSPS) is 18.1. The van der Waals surface area contributed by atoms with Crippen molar-refractivity contribution in [2.75, 3.05) is 49.1 Å². The molecular formula is C21H26N6S. The number of anilines is 2. The molecule has 2 saturated heterocycles. The van der Waals surface area contributed by atoms with Crippen LogP contribution in [0.5, 0.6) is 0 Å². The predicted octanol–water partition coefficient (Wildman–Crippen LogP) is 3.25. The van der Waals surface area contributed by atoms with Crippen LogP contribution in [-0.4, -0.2) is 58.9 Å². The van der Waals surface area contributed by atoms with Crippen LogP contribution in [0.15, 0.2) is 48.7 Å². The predicted molar refractivity (Wildman–Crippen MR) is 115 cm³/mol. The first-order valence-electron chi connectivity index (χ1n) is 10.1. The molecule has 2 aliphatic rings. The summed E-state index contributed by atoms with van der Waals surface area (Å²) in [5.74, 6) is 0. The molecule has 0 atom stereocenters. The second kappa shape index (κ2) is 7.93. The maximum Gasteiger partial charge on any atom is 0.218 e. The van der Waals surface area contributed by atoms with Gasteiger partial charge in [-0.05, 0) is 50.2 Å². The highest BCUT2D eigenvalue weighted by Crippen LogP contribution is 2.27. The fourth-order valence-electron chi connectivity index (χ4n) is 4.13. The number of hydrogen-bond donors (Lipinski definition) is 0. The number of para-hydroxylation sites is 1. The molecule has 0 aliphatic carbocycles. The van der Waals surface area contributed by atoms with E-state index in [2.05, 4.69) is 78.1 Å². The number of rotatable bonds is 5. The van der Waals surface area contributed by atoms with Crippen molar-refractivity contribution in [2.45, 2.75) is 19.4 Å². The molecule has 1 aromatic carbocycles. The average molecular weight is 395 g/mol. The number of aromatic nitrogens is 3. The van der Waals surface area contributed by atoms with Gasteiger partial charge in [0.2, 0.25) is 10.3 Å². The van der Waals surface area contributed by atoms with Gasteiger partial charge in [-0.1, -0.05) is 29.5 Å². The molecule has 0 bridgehead atoms. The number of hydrogen-bond acceptors (Lipinski definition) is 6. The Kier molecular flexibility index (Phi) is 5.01. The molecule has 2 fully saturated rings. The lowest BCUT2D eigenvalue weighted by molar-refractivity contribution is 0.325. The Labute approximate surface area is 170 Å². The highest BCUT2D eigenvalue weighted by Gasteiger charge is 2.21. The number of nitrogens with zero attached hydrogens (tertiary/aromatic N) is 6. The topological polar surface area (TPSA) is 40.4 Å². The molecular weight excluding hydrogens is 368 g/mol. The molecule has 2 aromatic heterocycles. The van der Waals surface area contributed by atoms with Crippen molar-refractivity contribution in [3.8, 4) is 5.13 Å².